The maximum atomic E-state index is 11.7. The van der Waals surface area contributed by atoms with E-state index in [0.29, 0.717) is 17.8 Å². The Morgan fingerprint density at radius 1 is 1.17 bits per heavy atom. The standard InChI is InChI=1S/C16H30O2/c1-12(2)6-11-15(17)18-14-9-7-13(8-10-14)16(3,4)5/h12-14H,6-11H2,1-5H3. The number of carbonyl (C=O) groups is 1. The van der Waals surface area contributed by atoms with E-state index in [0.717, 1.165) is 25.2 Å². The van der Waals surface area contributed by atoms with E-state index < -0.39 is 0 Å². The van der Waals surface area contributed by atoms with Crippen LogP contribution < -0.4 is 0 Å². The lowest BCUT2D eigenvalue weighted by atomic mass is 9.72. The van der Waals surface area contributed by atoms with Crippen molar-refractivity contribution in [3.8, 4) is 0 Å². The van der Waals surface area contributed by atoms with Gasteiger partial charge in [0.15, 0.2) is 0 Å². The molecule has 1 rings (SSSR count). The molecule has 1 aliphatic rings. The molecule has 0 amide bonds. The van der Waals surface area contributed by atoms with Crippen molar-refractivity contribution >= 4 is 5.97 Å². The first-order valence-electron chi connectivity index (χ1n) is 7.48. The number of hydrogen-bond donors (Lipinski definition) is 0. The Kier molecular flexibility index (Phi) is 5.68. The summed E-state index contributed by atoms with van der Waals surface area (Å²) < 4.78 is 5.56. The third kappa shape index (κ3) is 5.41. The van der Waals surface area contributed by atoms with Gasteiger partial charge in [-0.25, -0.2) is 0 Å². The summed E-state index contributed by atoms with van der Waals surface area (Å²) in [6.45, 7) is 11.2. The third-order valence-corrected chi connectivity index (χ3v) is 4.12. The second-order valence-electron chi connectivity index (χ2n) is 7.26. The average Bonchev–Trinajstić information content (AvgIpc) is 2.26. The third-order valence-electron chi connectivity index (χ3n) is 4.12. The summed E-state index contributed by atoms with van der Waals surface area (Å²) in [6, 6.07) is 0. The van der Waals surface area contributed by atoms with Crippen LogP contribution in [0.1, 0.15) is 73.1 Å². The van der Waals surface area contributed by atoms with Crippen molar-refractivity contribution in [2.75, 3.05) is 0 Å². The minimum atomic E-state index is 0.00269. The SMILES string of the molecule is CC(C)CCC(=O)OC1CCC(C(C)(C)C)CC1. The smallest absolute Gasteiger partial charge is 0.306 e. The summed E-state index contributed by atoms with van der Waals surface area (Å²) in [4.78, 5) is 11.7. The average molecular weight is 254 g/mol. The van der Waals surface area contributed by atoms with Gasteiger partial charge in [0.25, 0.3) is 0 Å². The molecule has 1 aliphatic carbocycles. The van der Waals surface area contributed by atoms with Gasteiger partial charge in [-0.05, 0) is 49.4 Å². The minimum absolute atomic E-state index is 0.00269. The molecule has 0 aromatic carbocycles. The summed E-state index contributed by atoms with van der Waals surface area (Å²) >= 11 is 0. The second-order valence-corrected chi connectivity index (χ2v) is 7.26. The molecule has 0 radical (unpaired) electrons. The molecule has 0 saturated heterocycles. The molecule has 2 nitrogen and oxygen atoms in total. The van der Waals surface area contributed by atoms with Gasteiger partial charge in [-0.15, -0.1) is 0 Å². The quantitative estimate of drug-likeness (QED) is 0.687. The van der Waals surface area contributed by atoms with Crippen molar-refractivity contribution in [2.45, 2.75) is 79.2 Å². The molecular formula is C16H30O2. The van der Waals surface area contributed by atoms with Crippen LogP contribution in [0.4, 0.5) is 0 Å². The van der Waals surface area contributed by atoms with Crippen molar-refractivity contribution in [1.82, 2.24) is 0 Å². The lowest BCUT2D eigenvalue weighted by molar-refractivity contribution is -0.151. The van der Waals surface area contributed by atoms with Crippen LogP contribution in [0.3, 0.4) is 0 Å². The van der Waals surface area contributed by atoms with E-state index in [9.17, 15) is 4.79 Å². The van der Waals surface area contributed by atoms with Gasteiger partial charge >= 0.3 is 5.97 Å². The molecule has 0 aromatic heterocycles. The Morgan fingerprint density at radius 2 is 1.72 bits per heavy atom. The Labute approximate surface area is 112 Å². The van der Waals surface area contributed by atoms with Crippen LogP contribution in [-0.4, -0.2) is 12.1 Å². The number of rotatable bonds is 4. The Bertz CT molecular complexity index is 255. The van der Waals surface area contributed by atoms with Gasteiger partial charge in [0.1, 0.15) is 6.10 Å². The zero-order chi connectivity index (χ0) is 13.8. The number of hydrogen-bond acceptors (Lipinski definition) is 2. The van der Waals surface area contributed by atoms with Gasteiger partial charge in [-0.3, -0.25) is 4.79 Å². The molecule has 18 heavy (non-hydrogen) atoms. The largest absolute Gasteiger partial charge is 0.462 e. The molecule has 1 saturated carbocycles. The Morgan fingerprint density at radius 3 is 2.17 bits per heavy atom. The van der Waals surface area contributed by atoms with E-state index in [2.05, 4.69) is 34.6 Å². The van der Waals surface area contributed by atoms with Gasteiger partial charge in [0.05, 0.1) is 0 Å². The van der Waals surface area contributed by atoms with E-state index in [-0.39, 0.29) is 12.1 Å². The topological polar surface area (TPSA) is 26.3 Å². The summed E-state index contributed by atoms with van der Waals surface area (Å²) in [6.07, 6.45) is 6.21. The maximum Gasteiger partial charge on any atom is 0.306 e. The highest BCUT2D eigenvalue weighted by atomic mass is 16.5. The van der Waals surface area contributed by atoms with Crippen LogP contribution in [0.25, 0.3) is 0 Å². The Hall–Kier alpha value is -0.530. The summed E-state index contributed by atoms with van der Waals surface area (Å²) in [5.74, 6) is 1.36. The molecule has 1 fully saturated rings. The maximum absolute atomic E-state index is 11.7. The molecule has 0 spiro atoms. The van der Waals surface area contributed by atoms with Gasteiger partial charge in [-0.1, -0.05) is 34.6 Å². The molecule has 0 heterocycles. The molecule has 0 aromatic rings. The fourth-order valence-electron chi connectivity index (χ4n) is 2.70. The lowest BCUT2D eigenvalue weighted by Gasteiger charge is -2.36. The van der Waals surface area contributed by atoms with E-state index in [1.807, 2.05) is 0 Å². The second kappa shape index (κ2) is 6.58. The summed E-state index contributed by atoms with van der Waals surface area (Å²) in [5.41, 5.74) is 0.395. The van der Waals surface area contributed by atoms with Crippen LogP contribution in [-0.2, 0) is 9.53 Å². The van der Waals surface area contributed by atoms with Crippen LogP contribution in [0.2, 0.25) is 0 Å². The van der Waals surface area contributed by atoms with Gasteiger partial charge in [-0.2, -0.15) is 0 Å². The van der Waals surface area contributed by atoms with Gasteiger partial charge in [0.2, 0.25) is 0 Å². The van der Waals surface area contributed by atoms with E-state index in [4.69, 9.17) is 4.74 Å². The first-order chi connectivity index (χ1) is 8.29. The summed E-state index contributed by atoms with van der Waals surface area (Å²) in [7, 11) is 0. The highest BCUT2D eigenvalue weighted by Gasteiger charge is 2.30. The number of ether oxygens (including phenoxy) is 1. The zero-order valence-electron chi connectivity index (χ0n) is 12.8. The van der Waals surface area contributed by atoms with E-state index in [1.54, 1.807) is 0 Å². The van der Waals surface area contributed by atoms with E-state index in [1.165, 1.54) is 12.8 Å². The first-order valence-corrected chi connectivity index (χ1v) is 7.48. The van der Waals surface area contributed by atoms with Crippen LogP contribution in [0.15, 0.2) is 0 Å². The number of esters is 1. The number of carbonyl (C=O) groups excluding carboxylic acids is 1. The van der Waals surface area contributed by atoms with Crippen molar-refractivity contribution in [3.05, 3.63) is 0 Å². The van der Waals surface area contributed by atoms with Crippen molar-refractivity contribution in [2.24, 2.45) is 17.3 Å². The predicted molar refractivity (Wildman–Crippen MR) is 75.4 cm³/mol. The fourth-order valence-corrected chi connectivity index (χ4v) is 2.70. The molecule has 0 bridgehead atoms. The van der Waals surface area contributed by atoms with Crippen LogP contribution in [0.5, 0.6) is 0 Å². The van der Waals surface area contributed by atoms with Crippen molar-refractivity contribution in [3.63, 3.8) is 0 Å². The minimum Gasteiger partial charge on any atom is -0.462 e. The van der Waals surface area contributed by atoms with Gasteiger partial charge in [0, 0.05) is 6.42 Å². The van der Waals surface area contributed by atoms with Crippen LogP contribution in [0, 0.1) is 17.3 Å². The first kappa shape index (κ1) is 15.5. The van der Waals surface area contributed by atoms with Crippen molar-refractivity contribution < 1.29 is 9.53 Å². The molecular weight excluding hydrogens is 224 g/mol. The molecule has 0 N–H and O–H groups in total. The van der Waals surface area contributed by atoms with Crippen LogP contribution >= 0.6 is 0 Å². The fraction of sp³-hybridized carbons (Fsp3) is 0.938. The highest BCUT2D eigenvalue weighted by molar-refractivity contribution is 5.69. The molecule has 0 atom stereocenters. The van der Waals surface area contributed by atoms with Gasteiger partial charge < -0.3 is 4.74 Å². The highest BCUT2D eigenvalue weighted by Crippen LogP contribution is 2.38. The normalized spacial score (nSPS) is 25.2. The molecule has 0 aliphatic heterocycles. The van der Waals surface area contributed by atoms with Crippen molar-refractivity contribution in [1.29, 1.82) is 0 Å². The molecule has 2 heteroatoms. The van der Waals surface area contributed by atoms with E-state index >= 15 is 0 Å². The summed E-state index contributed by atoms with van der Waals surface area (Å²) in [5, 5.41) is 0. The predicted octanol–water partition coefficient (Wildman–Crippen LogP) is 4.57. The lowest BCUT2D eigenvalue weighted by Crippen LogP contribution is -2.30. The molecule has 0 unspecified atom stereocenters. The molecule has 106 valence electrons. The monoisotopic (exact) mass is 254 g/mol. The zero-order valence-corrected chi connectivity index (χ0v) is 12.8. The Balaban J connectivity index is 2.25.